The zero-order chi connectivity index (χ0) is 12.3. The number of anilines is 1. The number of rotatable bonds is 2. The third kappa shape index (κ3) is 3.85. The number of amidine groups is 1. The first-order valence-corrected chi connectivity index (χ1v) is 7.04. The van der Waals surface area contributed by atoms with Crippen LogP contribution < -0.4 is 10.9 Å². The highest BCUT2D eigenvalue weighted by Crippen LogP contribution is 2.38. The minimum Gasteiger partial charge on any atom is -0.299 e. The first-order chi connectivity index (χ1) is 8.05. The minimum atomic E-state index is -1.41. The average molecular weight is 311 g/mol. The van der Waals surface area contributed by atoms with E-state index in [-0.39, 0.29) is 0 Å². The predicted octanol–water partition coefficient (Wildman–Crippen LogP) is 3.53. The van der Waals surface area contributed by atoms with Crippen LogP contribution in [0.1, 0.15) is 5.56 Å². The van der Waals surface area contributed by atoms with Gasteiger partial charge in [-0.2, -0.15) is 0 Å². The van der Waals surface area contributed by atoms with E-state index in [4.69, 9.17) is 34.8 Å². The molecule has 0 bridgehead atoms. The molecule has 1 heterocycles. The first kappa shape index (κ1) is 13.1. The zero-order valence-corrected chi connectivity index (χ0v) is 11.8. The summed E-state index contributed by atoms with van der Waals surface area (Å²) in [6.45, 7) is 0.850. The molecule has 1 aliphatic rings. The van der Waals surface area contributed by atoms with Crippen LogP contribution in [0.3, 0.4) is 0 Å². The van der Waals surface area contributed by atoms with Crippen molar-refractivity contribution in [2.45, 2.75) is 3.79 Å². The quantitative estimate of drug-likeness (QED) is 0.648. The third-order valence-electron chi connectivity index (χ3n) is 2.09. The van der Waals surface area contributed by atoms with E-state index in [1.54, 1.807) is 23.9 Å². The Morgan fingerprint density at radius 1 is 1.24 bits per heavy atom. The van der Waals surface area contributed by atoms with Crippen LogP contribution in [0.15, 0.2) is 29.3 Å². The Hall–Kier alpha value is -0.290. The summed E-state index contributed by atoms with van der Waals surface area (Å²) in [4.78, 5) is 4.25. The Morgan fingerprint density at radius 3 is 2.71 bits per heavy atom. The van der Waals surface area contributed by atoms with E-state index in [0.717, 1.165) is 23.2 Å². The number of nitrogens with zero attached hydrogens (tertiary/aromatic N) is 1. The topological polar surface area (TPSA) is 36.4 Å². The van der Waals surface area contributed by atoms with Gasteiger partial charge in [0, 0.05) is 11.3 Å². The fourth-order valence-electron chi connectivity index (χ4n) is 1.31. The lowest BCUT2D eigenvalue weighted by molar-refractivity contribution is 1.10. The number of thioether (sulfide) groups is 1. The number of hydrazine groups is 1. The Morgan fingerprint density at radius 2 is 2.06 bits per heavy atom. The van der Waals surface area contributed by atoms with Crippen LogP contribution in [-0.2, 0) is 3.79 Å². The van der Waals surface area contributed by atoms with E-state index in [1.165, 1.54) is 0 Å². The minimum absolute atomic E-state index is 0.621. The monoisotopic (exact) mass is 309 g/mol. The molecule has 17 heavy (non-hydrogen) atoms. The number of hydrogen-bond donors (Lipinski definition) is 2. The van der Waals surface area contributed by atoms with Gasteiger partial charge in [-0.05, 0) is 12.1 Å². The van der Waals surface area contributed by atoms with E-state index in [1.807, 2.05) is 12.1 Å². The molecule has 3 nitrogen and oxygen atoms in total. The highest BCUT2D eigenvalue weighted by Gasteiger charge is 2.22. The average Bonchev–Trinajstić information content (AvgIpc) is 2.78. The molecule has 1 aromatic rings. The normalized spacial score (nSPS) is 15.6. The van der Waals surface area contributed by atoms with Gasteiger partial charge in [-0.15, -0.1) is 0 Å². The predicted molar refractivity (Wildman–Crippen MR) is 77.2 cm³/mol. The SMILES string of the molecule is ClC(Cl)(Cl)c1cccc(NNC2=NCCS2)c1. The van der Waals surface area contributed by atoms with Crippen molar-refractivity contribution in [1.29, 1.82) is 0 Å². The van der Waals surface area contributed by atoms with E-state index >= 15 is 0 Å². The molecule has 0 saturated carbocycles. The second-order valence-corrected chi connectivity index (χ2v) is 6.73. The van der Waals surface area contributed by atoms with Crippen LogP contribution in [0.4, 0.5) is 5.69 Å². The smallest absolute Gasteiger partial charge is 0.216 e. The lowest BCUT2D eigenvalue weighted by atomic mass is 10.2. The summed E-state index contributed by atoms with van der Waals surface area (Å²) in [6, 6.07) is 7.25. The maximum absolute atomic E-state index is 5.81. The van der Waals surface area contributed by atoms with E-state index < -0.39 is 3.79 Å². The molecule has 0 atom stereocenters. The van der Waals surface area contributed by atoms with E-state index in [0.29, 0.717) is 5.56 Å². The number of benzene rings is 1. The summed E-state index contributed by atoms with van der Waals surface area (Å²) < 4.78 is -1.41. The highest BCUT2D eigenvalue weighted by molar-refractivity contribution is 8.14. The van der Waals surface area contributed by atoms with Crippen LogP contribution in [0.2, 0.25) is 0 Å². The van der Waals surface area contributed by atoms with E-state index in [2.05, 4.69) is 15.8 Å². The van der Waals surface area contributed by atoms with Crippen LogP contribution in [-0.4, -0.2) is 17.5 Å². The van der Waals surface area contributed by atoms with Gasteiger partial charge in [-0.25, -0.2) is 0 Å². The molecule has 0 fully saturated rings. The Kier molecular flexibility index (Phi) is 4.31. The van der Waals surface area contributed by atoms with Gasteiger partial charge >= 0.3 is 0 Å². The molecule has 1 aromatic carbocycles. The van der Waals surface area contributed by atoms with Crippen molar-refractivity contribution < 1.29 is 0 Å². The first-order valence-electron chi connectivity index (χ1n) is 4.92. The molecule has 7 heteroatoms. The van der Waals surface area contributed by atoms with Gasteiger partial charge in [-0.1, -0.05) is 58.7 Å². The van der Waals surface area contributed by atoms with E-state index in [9.17, 15) is 0 Å². The second-order valence-electron chi connectivity index (χ2n) is 3.36. The van der Waals surface area contributed by atoms with Crippen molar-refractivity contribution >= 4 is 57.4 Å². The molecule has 2 N–H and O–H groups in total. The molecule has 0 saturated heterocycles. The molecule has 0 unspecified atom stereocenters. The molecule has 0 spiro atoms. The molecule has 2 rings (SSSR count). The van der Waals surface area contributed by atoms with Crippen molar-refractivity contribution in [2.24, 2.45) is 4.99 Å². The van der Waals surface area contributed by atoms with Crippen molar-refractivity contribution in [2.75, 3.05) is 17.7 Å². The number of nitrogens with one attached hydrogen (secondary N) is 2. The summed E-state index contributed by atoms with van der Waals surface area (Å²) in [5, 5.41) is 0.879. The largest absolute Gasteiger partial charge is 0.299 e. The van der Waals surface area contributed by atoms with Crippen LogP contribution >= 0.6 is 46.6 Å². The van der Waals surface area contributed by atoms with Crippen LogP contribution in [0.5, 0.6) is 0 Å². The van der Waals surface area contributed by atoms with Crippen molar-refractivity contribution in [3.05, 3.63) is 29.8 Å². The molecular formula is C10H10Cl3N3S. The van der Waals surface area contributed by atoms with Crippen LogP contribution in [0.25, 0.3) is 0 Å². The Labute approximate surface area is 119 Å². The standard InChI is InChI=1S/C10H10Cl3N3S/c11-10(12,13)7-2-1-3-8(6-7)15-16-9-14-4-5-17-9/h1-3,6,15H,4-5H2,(H,14,16). The molecule has 1 aliphatic heterocycles. The molecule has 92 valence electrons. The summed E-state index contributed by atoms with van der Waals surface area (Å²) in [5.74, 6) is 1.01. The lowest BCUT2D eigenvalue weighted by Gasteiger charge is -2.14. The summed E-state index contributed by atoms with van der Waals surface area (Å²) in [6.07, 6.45) is 0. The fraction of sp³-hybridized carbons (Fsp3) is 0.300. The fourth-order valence-corrected chi connectivity index (χ4v) is 2.34. The maximum Gasteiger partial charge on any atom is 0.216 e. The van der Waals surface area contributed by atoms with Gasteiger partial charge < -0.3 is 0 Å². The Bertz CT molecular complexity index is 431. The maximum atomic E-state index is 5.81. The number of halogens is 3. The highest BCUT2D eigenvalue weighted by atomic mass is 35.6. The van der Waals surface area contributed by atoms with Gasteiger partial charge in [0.05, 0.1) is 12.2 Å². The second kappa shape index (κ2) is 5.57. The summed E-state index contributed by atoms with van der Waals surface area (Å²) in [5.41, 5.74) is 7.48. The summed E-state index contributed by atoms with van der Waals surface area (Å²) >= 11 is 19.1. The van der Waals surface area contributed by atoms with Crippen LogP contribution in [0, 0.1) is 0 Å². The number of aliphatic imine (C=N–C) groups is 1. The molecule has 0 radical (unpaired) electrons. The third-order valence-corrected chi connectivity index (χ3v) is 3.64. The molecule has 0 amide bonds. The van der Waals surface area contributed by atoms with Crippen molar-refractivity contribution in [1.82, 2.24) is 5.43 Å². The lowest BCUT2D eigenvalue weighted by Crippen LogP contribution is -2.25. The number of alkyl halides is 3. The van der Waals surface area contributed by atoms with Gasteiger partial charge in [0.2, 0.25) is 3.79 Å². The van der Waals surface area contributed by atoms with Gasteiger partial charge in [-0.3, -0.25) is 15.8 Å². The Balaban J connectivity index is 2.01. The number of hydrogen-bond acceptors (Lipinski definition) is 4. The van der Waals surface area contributed by atoms with Gasteiger partial charge in [0.15, 0.2) is 5.17 Å². The molecular weight excluding hydrogens is 301 g/mol. The van der Waals surface area contributed by atoms with Gasteiger partial charge in [0.25, 0.3) is 0 Å². The van der Waals surface area contributed by atoms with Gasteiger partial charge in [0.1, 0.15) is 0 Å². The summed E-state index contributed by atoms with van der Waals surface area (Å²) in [7, 11) is 0. The van der Waals surface area contributed by atoms with Crippen molar-refractivity contribution in [3.8, 4) is 0 Å². The molecule has 0 aromatic heterocycles. The van der Waals surface area contributed by atoms with Crippen molar-refractivity contribution in [3.63, 3.8) is 0 Å². The molecule has 0 aliphatic carbocycles. The zero-order valence-electron chi connectivity index (χ0n) is 8.71.